The van der Waals surface area contributed by atoms with E-state index in [1.54, 1.807) is 11.1 Å². The van der Waals surface area contributed by atoms with Gasteiger partial charge in [0.2, 0.25) is 0 Å². The molecule has 0 N–H and O–H groups in total. The van der Waals surface area contributed by atoms with Crippen molar-refractivity contribution < 1.29 is 0 Å². The van der Waals surface area contributed by atoms with Gasteiger partial charge in [-0.15, -0.1) is 0 Å². The summed E-state index contributed by atoms with van der Waals surface area (Å²) in [5.74, 6) is 2.44. The summed E-state index contributed by atoms with van der Waals surface area (Å²) in [6.45, 7) is 4.39. The molecule has 58 valence electrons. The zero-order valence-electron chi connectivity index (χ0n) is 6.98. The van der Waals surface area contributed by atoms with Crippen molar-refractivity contribution in [1.82, 2.24) is 0 Å². The zero-order chi connectivity index (χ0) is 7.84. The molecule has 0 unspecified atom stereocenters. The molecule has 0 nitrogen and oxygen atoms in total. The summed E-state index contributed by atoms with van der Waals surface area (Å²) in [6.07, 6.45) is 0. The Morgan fingerprint density at radius 3 is 1.91 bits per heavy atom. The van der Waals surface area contributed by atoms with Crippen molar-refractivity contribution in [2.75, 3.05) is 0 Å². The summed E-state index contributed by atoms with van der Waals surface area (Å²) < 4.78 is 0. The van der Waals surface area contributed by atoms with Crippen molar-refractivity contribution in [2.24, 2.45) is 0 Å². The van der Waals surface area contributed by atoms with E-state index in [9.17, 15) is 0 Å². The molecule has 0 aliphatic carbocycles. The Morgan fingerprint density at radius 2 is 1.45 bits per heavy atom. The second-order valence-corrected chi connectivity index (χ2v) is 4.18. The maximum atomic E-state index is 2.34. The second-order valence-electron chi connectivity index (χ2n) is 3.20. The molecule has 0 fully saturated rings. The molecule has 0 atom stereocenters. The van der Waals surface area contributed by atoms with Gasteiger partial charge in [-0.05, 0) is 36.1 Å². The molecule has 1 heterocycles. The van der Waals surface area contributed by atoms with E-state index in [1.807, 2.05) is 11.8 Å². The van der Waals surface area contributed by atoms with Crippen molar-refractivity contribution >= 4 is 11.8 Å². The van der Waals surface area contributed by atoms with Crippen LogP contribution in [0.15, 0.2) is 12.1 Å². The van der Waals surface area contributed by atoms with Crippen LogP contribution in [0.4, 0.5) is 0 Å². The summed E-state index contributed by atoms with van der Waals surface area (Å²) in [6, 6.07) is 4.68. The third kappa shape index (κ3) is 1.18. The van der Waals surface area contributed by atoms with Crippen molar-refractivity contribution in [3.63, 3.8) is 0 Å². The van der Waals surface area contributed by atoms with E-state index in [0.717, 1.165) is 0 Å². The monoisotopic (exact) mass is 164 g/mol. The Bertz CT molecular complexity index is 260. The Balaban J connectivity index is 2.57. The molecule has 1 aromatic carbocycles. The lowest BCUT2D eigenvalue weighted by Crippen LogP contribution is -1.87. The average molecular weight is 164 g/mol. The molecule has 1 aliphatic heterocycles. The predicted octanol–water partition coefficient (Wildman–Crippen LogP) is 3.05. The summed E-state index contributed by atoms with van der Waals surface area (Å²) in [5, 5.41) is 0. The van der Waals surface area contributed by atoms with Gasteiger partial charge in [0.1, 0.15) is 0 Å². The standard InChI is InChI=1S/C10H12S/c1-7-3-9-5-11-6-10(9)4-8(7)2/h3-4H,5-6H2,1-2H3. The highest BCUT2D eigenvalue weighted by Crippen LogP contribution is 2.31. The fourth-order valence-corrected chi connectivity index (χ4v) is 2.55. The minimum Gasteiger partial charge on any atom is -0.152 e. The van der Waals surface area contributed by atoms with E-state index in [4.69, 9.17) is 0 Å². The first-order valence-corrected chi connectivity index (χ1v) is 5.09. The first-order valence-electron chi connectivity index (χ1n) is 3.94. The molecular weight excluding hydrogens is 152 g/mol. The normalized spacial score (nSPS) is 15.1. The molecule has 1 heteroatoms. The summed E-state index contributed by atoms with van der Waals surface area (Å²) >= 11 is 2.02. The van der Waals surface area contributed by atoms with Gasteiger partial charge in [0.15, 0.2) is 0 Å². The van der Waals surface area contributed by atoms with Crippen LogP contribution >= 0.6 is 11.8 Å². The SMILES string of the molecule is Cc1cc2c(cc1C)CSC2. The quantitative estimate of drug-likeness (QED) is 0.568. The molecule has 1 aromatic rings. The lowest BCUT2D eigenvalue weighted by molar-refractivity contribution is 1.25. The number of rotatable bonds is 0. The van der Waals surface area contributed by atoms with Crippen LogP contribution in [0.5, 0.6) is 0 Å². The lowest BCUT2D eigenvalue weighted by atomic mass is 10.0. The smallest absolute Gasteiger partial charge is 0.0191 e. The predicted molar refractivity (Wildman–Crippen MR) is 50.9 cm³/mol. The molecular formula is C10H12S. The van der Waals surface area contributed by atoms with Crippen LogP contribution in [0.25, 0.3) is 0 Å². The van der Waals surface area contributed by atoms with Crippen molar-refractivity contribution in [3.8, 4) is 0 Å². The highest BCUT2D eigenvalue weighted by Gasteiger charge is 2.11. The van der Waals surface area contributed by atoms with Crippen molar-refractivity contribution in [3.05, 3.63) is 34.4 Å². The molecule has 2 rings (SSSR count). The topological polar surface area (TPSA) is 0 Å². The average Bonchev–Trinajstić information content (AvgIpc) is 2.36. The van der Waals surface area contributed by atoms with Gasteiger partial charge in [-0.1, -0.05) is 12.1 Å². The number of fused-ring (bicyclic) bond motifs is 1. The van der Waals surface area contributed by atoms with Gasteiger partial charge in [-0.25, -0.2) is 0 Å². The van der Waals surface area contributed by atoms with Gasteiger partial charge in [-0.2, -0.15) is 11.8 Å². The van der Waals surface area contributed by atoms with E-state index in [2.05, 4.69) is 26.0 Å². The number of aryl methyl sites for hydroxylation is 2. The number of hydrogen-bond acceptors (Lipinski definition) is 1. The molecule has 0 radical (unpaired) electrons. The Hall–Kier alpha value is -0.430. The molecule has 1 aliphatic rings. The van der Waals surface area contributed by atoms with E-state index >= 15 is 0 Å². The maximum absolute atomic E-state index is 2.34. The van der Waals surface area contributed by atoms with E-state index < -0.39 is 0 Å². The fraction of sp³-hybridized carbons (Fsp3) is 0.400. The van der Waals surface area contributed by atoms with Crippen LogP contribution in [0, 0.1) is 13.8 Å². The maximum Gasteiger partial charge on any atom is 0.0191 e. The molecule has 11 heavy (non-hydrogen) atoms. The highest BCUT2D eigenvalue weighted by molar-refractivity contribution is 7.98. The third-order valence-corrected chi connectivity index (χ3v) is 3.36. The lowest BCUT2D eigenvalue weighted by Gasteiger charge is -2.03. The van der Waals surface area contributed by atoms with Crippen LogP contribution in [-0.4, -0.2) is 0 Å². The van der Waals surface area contributed by atoms with Gasteiger partial charge in [0, 0.05) is 11.5 Å². The molecule has 0 amide bonds. The zero-order valence-corrected chi connectivity index (χ0v) is 7.79. The summed E-state index contributed by atoms with van der Waals surface area (Å²) in [7, 11) is 0. The van der Waals surface area contributed by atoms with Crippen LogP contribution in [0.3, 0.4) is 0 Å². The van der Waals surface area contributed by atoms with Crippen LogP contribution in [0.1, 0.15) is 22.3 Å². The molecule has 0 spiro atoms. The van der Waals surface area contributed by atoms with Gasteiger partial charge in [0.05, 0.1) is 0 Å². The molecule has 0 aromatic heterocycles. The van der Waals surface area contributed by atoms with Crippen molar-refractivity contribution in [1.29, 1.82) is 0 Å². The Labute approximate surface area is 72.0 Å². The van der Waals surface area contributed by atoms with Gasteiger partial charge in [-0.3, -0.25) is 0 Å². The number of thioether (sulfide) groups is 1. The van der Waals surface area contributed by atoms with Gasteiger partial charge in [0.25, 0.3) is 0 Å². The minimum absolute atomic E-state index is 1.22. The first kappa shape index (κ1) is 7.23. The number of hydrogen-bond donors (Lipinski definition) is 0. The van der Waals surface area contributed by atoms with Gasteiger partial charge >= 0.3 is 0 Å². The third-order valence-electron chi connectivity index (χ3n) is 2.33. The van der Waals surface area contributed by atoms with Gasteiger partial charge < -0.3 is 0 Å². The number of benzene rings is 1. The van der Waals surface area contributed by atoms with Crippen LogP contribution in [-0.2, 0) is 11.5 Å². The largest absolute Gasteiger partial charge is 0.152 e. The molecule has 0 saturated heterocycles. The fourth-order valence-electron chi connectivity index (χ4n) is 1.48. The van der Waals surface area contributed by atoms with Crippen LogP contribution in [0.2, 0.25) is 0 Å². The molecule has 0 bridgehead atoms. The molecule has 0 saturated carbocycles. The summed E-state index contributed by atoms with van der Waals surface area (Å²) in [4.78, 5) is 0. The van der Waals surface area contributed by atoms with Crippen molar-refractivity contribution in [2.45, 2.75) is 25.4 Å². The van der Waals surface area contributed by atoms with Crippen LogP contribution < -0.4 is 0 Å². The first-order chi connectivity index (χ1) is 5.27. The summed E-state index contributed by atoms with van der Waals surface area (Å²) in [5.41, 5.74) is 5.98. The van der Waals surface area contributed by atoms with E-state index in [0.29, 0.717) is 0 Å². The second kappa shape index (κ2) is 2.56. The van der Waals surface area contributed by atoms with E-state index in [-0.39, 0.29) is 0 Å². The highest BCUT2D eigenvalue weighted by atomic mass is 32.2. The Kier molecular flexibility index (Phi) is 1.68. The van der Waals surface area contributed by atoms with E-state index in [1.165, 1.54) is 22.6 Å². The minimum atomic E-state index is 1.22. The Morgan fingerprint density at radius 1 is 1.00 bits per heavy atom.